The Hall–Kier alpha value is -1.22. The number of hydrogen-bond acceptors (Lipinski definition) is 2. The summed E-state index contributed by atoms with van der Waals surface area (Å²) in [5.74, 6) is -0.212. The van der Waals surface area contributed by atoms with Crippen molar-refractivity contribution in [3.05, 3.63) is 41.2 Å². The molecule has 0 aliphatic carbocycles. The van der Waals surface area contributed by atoms with E-state index in [-0.39, 0.29) is 11.2 Å². The highest BCUT2D eigenvalue weighted by Crippen LogP contribution is 2.29. The third-order valence-electron chi connectivity index (χ3n) is 2.36. The zero-order valence-electron chi connectivity index (χ0n) is 9.62. The van der Waals surface area contributed by atoms with Gasteiger partial charge in [0.1, 0.15) is 10.8 Å². The van der Waals surface area contributed by atoms with Crippen LogP contribution in [0.3, 0.4) is 0 Å². The van der Waals surface area contributed by atoms with E-state index in [0.29, 0.717) is 0 Å². The number of aromatic nitrogens is 1. The summed E-state index contributed by atoms with van der Waals surface area (Å²) in [4.78, 5) is 4.58. The quantitative estimate of drug-likeness (QED) is 0.720. The molecule has 0 radical (unpaired) electrons. The fourth-order valence-corrected chi connectivity index (χ4v) is 2.40. The molecule has 84 valence electrons. The third-order valence-corrected chi connectivity index (χ3v) is 3.26. The molecule has 0 amide bonds. The van der Waals surface area contributed by atoms with Gasteiger partial charge in [0, 0.05) is 16.4 Å². The first-order valence-electron chi connectivity index (χ1n) is 5.19. The van der Waals surface area contributed by atoms with E-state index in [1.165, 1.54) is 12.1 Å². The van der Waals surface area contributed by atoms with Crippen molar-refractivity contribution in [3.63, 3.8) is 0 Å². The Labute approximate surface area is 99.0 Å². The normalized spacial score (nSPS) is 11.8. The van der Waals surface area contributed by atoms with Gasteiger partial charge in [-0.25, -0.2) is 9.37 Å². The zero-order valence-corrected chi connectivity index (χ0v) is 10.4. The molecule has 0 unspecified atom stereocenters. The number of rotatable bonds is 1. The molecule has 0 aliphatic rings. The molecular formula is C13H14FNS. The minimum absolute atomic E-state index is 0.0643. The van der Waals surface area contributed by atoms with Gasteiger partial charge in [0.05, 0.1) is 5.69 Å². The van der Waals surface area contributed by atoms with Crippen LogP contribution in [0.2, 0.25) is 0 Å². The molecule has 0 atom stereocenters. The molecule has 3 heteroatoms. The highest BCUT2D eigenvalue weighted by molar-refractivity contribution is 7.13. The van der Waals surface area contributed by atoms with E-state index in [1.807, 2.05) is 0 Å². The van der Waals surface area contributed by atoms with E-state index in [2.05, 4.69) is 31.1 Å². The van der Waals surface area contributed by atoms with Gasteiger partial charge < -0.3 is 0 Å². The van der Waals surface area contributed by atoms with E-state index < -0.39 is 0 Å². The van der Waals surface area contributed by atoms with Gasteiger partial charge in [-0.05, 0) is 24.3 Å². The van der Waals surface area contributed by atoms with Gasteiger partial charge in [-0.3, -0.25) is 0 Å². The molecule has 0 bridgehead atoms. The first-order chi connectivity index (χ1) is 7.47. The lowest BCUT2D eigenvalue weighted by Gasteiger charge is -2.14. The van der Waals surface area contributed by atoms with Crippen LogP contribution >= 0.6 is 11.3 Å². The van der Waals surface area contributed by atoms with E-state index >= 15 is 0 Å². The molecule has 1 nitrogen and oxygen atoms in total. The summed E-state index contributed by atoms with van der Waals surface area (Å²) in [5, 5.41) is 3.02. The minimum atomic E-state index is -0.212. The van der Waals surface area contributed by atoms with Crippen molar-refractivity contribution in [2.24, 2.45) is 0 Å². The lowest BCUT2D eigenvalue weighted by atomic mass is 9.93. The zero-order chi connectivity index (χ0) is 11.8. The maximum absolute atomic E-state index is 12.8. The second kappa shape index (κ2) is 3.98. The van der Waals surface area contributed by atoms with Gasteiger partial charge in [0.25, 0.3) is 0 Å². The molecule has 1 aromatic carbocycles. The lowest BCUT2D eigenvalue weighted by molar-refractivity contribution is 0.573. The van der Waals surface area contributed by atoms with E-state index in [0.717, 1.165) is 16.3 Å². The van der Waals surface area contributed by atoms with Crippen LogP contribution in [0.4, 0.5) is 4.39 Å². The van der Waals surface area contributed by atoms with Crippen LogP contribution < -0.4 is 0 Å². The minimum Gasteiger partial charge on any atom is -0.241 e. The van der Waals surface area contributed by atoms with Crippen molar-refractivity contribution in [1.82, 2.24) is 4.98 Å². The highest BCUT2D eigenvalue weighted by atomic mass is 32.1. The SMILES string of the molecule is CC(C)(C)c1csc(-c2ccc(F)cc2)n1. The summed E-state index contributed by atoms with van der Waals surface area (Å²) in [6.45, 7) is 6.41. The van der Waals surface area contributed by atoms with Gasteiger partial charge >= 0.3 is 0 Å². The van der Waals surface area contributed by atoms with Crippen molar-refractivity contribution in [3.8, 4) is 10.6 Å². The molecule has 1 aromatic heterocycles. The highest BCUT2D eigenvalue weighted by Gasteiger charge is 2.17. The van der Waals surface area contributed by atoms with Gasteiger partial charge in [0.2, 0.25) is 0 Å². The molecule has 1 heterocycles. The molecule has 16 heavy (non-hydrogen) atoms. The van der Waals surface area contributed by atoms with Crippen molar-refractivity contribution in [1.29, 1.82) is 0 Å². The van der Waals surface area contributed by atoms with Crippen molar-refractivity contribution >= 4 is 11.3 Å². The number of benzene rings is 1. The first kappa shape index (κ1) is 11.3. The first-order valence-corrected chi connectivity index (χ1v) is 6.07. The summed E-state index contributed by atoms with van der Waals surface area (Å²) in [6, 6.07) is 6.46. The number of thiazole rings is 1. The summed E-state index contributed by atoms with van der Waals surface area (Å²) >= 11 is 1.60. The van der Waals surface area contributed by atoms with Gasteiger partial charge in [-0.2, -0.15) is 0 Å². The van der Waals surface area contributed by atoms with Gasteiger partial charge in [-0.15, -0.1) is 11.3 Å². The summed E-state index contributed by atoms with van der Waals surface area (Å²) in [6.07, 6.45) is 0. The van der Waals surface area contributed by atoms with Crippen LogP contribution in [-0.2, 0) is 5.41 Å². The summed E-state index contributed by atoms with van der Waals surface area (Å²) in [7, 11) is 0. The maximum atomic E-state index is 12.8. The Morgan fingerprint density at radius 1 is 1.12 bits per heavy atom. The predicted octanol–water partition coefficient (Wildman–Crippen LogP) is 4.25. The Kier molecular flexibility index (Phi) is 2.80. The number of halogens is 1. The Bertz CT molecular complexity index is 479. The van der Waals surface area contributed by atoms with Crippen LogP contribution in [-0.4, -0.2) is 4.98 Å². The van der Waals surface area contributed by atoms with Gasteiger partial charge in [0.15, 0.2) is 0 Å². The molecule has 0 fully saturated rings. The monoisotopic (exact) mass is 235 g/mol. The van der Waals surface area contributed by atoms with E-state index in [4.69, 9.17) is 0 Å². The average Bonchev–Trinajstić information content (AvgIpc) is 2.67. The van der Waals surface area contributed by atoms with Crippen molar-refractivity contribution in [2.75, 3.05) is 0 Å². The van der Waals surface area contributed by atoms with Crippen LogP contribution in [0, 0.1) is 5.82 Å². The fraction of sp³-hybridized carbons (Fsp3) is 0.308. The molecule has 0 saturated carbocycles. The average molecular weight is 235 g/mol. The standard InChI is InChI=1S/C13H14FNS/c1-13(2,3)11-8-16-12(15-11)9-4-6-10(14)7-5-9/h4-8H,1-3H3. The Morgan fingerprint density at radius 2 is 1.75 bits per heavy atom. The Balaban J connectivity index is 2.35. The van der Waals surface area contributed by atoms with Crippen LogP contribution in [0.5, 0.6) is 0 Å². The summed E-state index contributed by atoms with van der Waals surface area (Å²) < 4.78 is 12.8. The van der Waals surface area contributed by atoms with Crippen molar-refractivity contribution in [2.45, 2.75) is 26.2 Å². The molecule has 0 aliphatic heterocycles. The van der Waals surface area contributed by atoms with Crippen LogP contribution in [0.1, 0.15) is 26.5 Å². The largest absolute Gasteiger partial charge is 0.241 e. The maximum Gasteiger partial charge on any atom is 0.123 e. The molecular weight excluding hydrogens is 221 g/mol. The number of nitrogens with zero attached hydrogens (tertiary/aromatic N) is 1. The van der Waals surface area contributed by atoms with Crippen LogP contribution in [0.25, 0.3) is 10.6 Å². The molecule has 0 spiro atoms. The molecule has 2 rings (SSSR count). The Morgan fingerprint density at radius 3 is 2.25 bits per heavy atom. The van der Waals surface area contributed by atoms with Crippen LogP contribution in [0.15, 0.2) is 29.6 Å². The molecule has 2 aromatic rings. The summed E-state index contributed by atoms with van der Waals surface area (Å²) in [5.41, 5.74) is 2.12. The number of hydrogen-bond donors (Lipinski definition) is 0. The van der Waals surface area contributed by atoms with Gasteiger partial charge in [-0.1, -0.05) is 20.8 Å². The lowest BCUT2D eigenvalue weighted by Crippen LogP contribution is -2.11. The molecule has 0 N–H and O–H groups in total. The van der Waals surface area contributed by atoms with E-state index in [9.17, 15) is 4.39 Å². The third kappa shape index (κ3) is 2.30. The second-order valence-corrected chi connectivity index (χ2v) is 5.65. The fourth-order valence-electron chi connectivity index (χ4n) is 1.34. The predicted molar refractivity (Wildman–Crippen MR) is 66.2 cm³/mol. The van der Waals surface area contributed by atoms with Crippen molar-refractivity contribution < 1.29 is 4.39 Å². The topological polar surface area (TPSA) is 12.9 Å². The van der Waals surface area contributed by atoms with E-state index in [1.54, 1.807) is 23.5 Å². The molecule has 0 saturated heterocycles. The second-order valence-electron chi connectivity index (χ2n) is 4.79. The smallest absolute Gasteiger partial charge is 0.123 e.